The largest absolute Gasteiger partial charge is 0.496 e. The average molecular weight is 323 g/mol. The molecule has 0 atom stereocenters. The standard InChI is InChI=1S/C13H11BrN2O3/c1-18-8-5-3-6-2-4-7-11(13(15)17)16-19-12(7)9(6)10(8)14/h3,5H,2,4H2,1H3,(H2,15,17). The van der Waals surface area contributed by atoms with Crippen LogP contribution in [-0.4, -0.2) is 18.2 Å². The first-order valence-corrected chi connectivity index (χ1v) is 6.57. The van der Waals surface area contributed by atoms with Gasteiger partial charge in [-0.3, -0.25) is 4.79 Å². The van der Waals surface area contributed by atoms with E-state index in [1.807, 2.05) is 12.1 Å². The number of halogens is 1. The molecule has 0 bridgehead atoms. The number of aryl methyl sites for hydroxylation is 1. The molecule has 19 heavy (non-hydrogen) atoms. The predicted molar refractivity (Wildman–Crippen MR) is 72.1 cm³/mol. The second kappa shape index (κ2) is 4.38. The molecule has 0 saturated carbocycles. The molecule has 3 rings (SSSR count). The number of fused-ring (bicyclic) bond motifs is 3. The topological polar surface area (TPSA) is 78.3 Å². The van der Waals surface area contributed by atoms with E-state index in [9.17, 15) is 4.79 Å². The molecule has 98 valence electrons. The van der Waals surface area contributed by atoms with E-state index in [1.54, 1.807) is 7.11 Å². The van der Waals surface area contributed by atoms with Gasteiger partial charge in [0.25, 0.3) is 5.91 Å². The van der Waals surface area contributed by atoms with Gasteiger partial charge in [-0.1, -0.05) is 11.2 Å². The van der Waals surface area contributed by atoms with Crippen LogP contribution in [0.15, 0.2) is 21.1 Å². The average Bonchev–Trinajstić information content (AvgIpc) is 2.82. The Balaban J connectivity index is 2.26. The zero-order valence-corrected chi connectivity index (χ0v) is 11.8. The van der Waals surface area contributed by atoms with E-state index >= 15 is 0 Å². The van der Waals surface area contributed by atoms with E-state index in [2.05, 4.69) is 21.1 Å². The number of carbonyl (C=O) groups excluding carboxylic acids is 1. The molecule has 5 nitrogen and oxygen atoms in total. The SMILES string of the molecule is COc1ccc2c(c1Br)-c1onc(C(N)=O)c1CC2. The van der Waals surface area contributed by atoms with E-state index in [1.165, 1.54) is 0 Å². The van der Waals surface area contributed by atoms with Gasteiger partial charge in [0.15, 0.2) is 11.5 Å². The summed E-state index contributed by atoms with van der Waals surface area (Å²) in [6.07, 6.45) is 1.51. The summed E-state index contributed by atoms with van der Waals surface area (Å²) in [6.45, 7) is 0. The van der Waals surface area contributed by atoms with Gasteiger partial charge < -0.3 is 15.0 Å². The van der Waals surface area contributed by atoms with Crippen molar-refractivity contribution in [1.29, 1.82) is 0 Å². The normalized spacial score (nSPS) is 12.7. The smallest absolute Gasteiger partial charge is 0.271 e. The monoisotopic (exact) mass is 322 g/mol. The van der Waals surface area contributed by atoms with Crippen molar-refractivity contribution in [3.8, 4) is 17.1 Å². The van der Waals surface area contributed by atoms with Gasteiger partial charge in [0.2, 0.25) is 0 Å². The maximum absolute atomic E-state index is 11.3. The predicted octanol–water partition coefficient (Wildman–Crippen LogP) is 2.31. The van der Waals surface area contributed by atoms with Crippen molar-refractivity contribution in [2.75, 3.05) is 7.11 Å². The van der Waals surface area contributed by atoms with Crippen molar-refractivity contribution >= 4 is 21.8 Å². The van der Waals surface area contributed by atoms with E-state index in [4.69, 9.17) is 15.0 Å². The van der Waals surface area contributed by atoms with Crippen molar-refractivity contribution in [2.45, 2.75) is 12.8 Å². The molecule has 1 amide bonds. The molecule has 2 N–H and O–H groups in total. The summed E-state index contributed by atoms with van der Waals surface area (Å²) >= 11 is 3.51. The second-order valence-electron chi connectivity index (χ2n) is 4.32. The Morgan fingerprint density at radius 1 is 1.47 bits per heavy atom. The Hall–Kier alpha value is -1.82. The van der Waals surface area contributed by atoms with Gasteiger partial charge in [-0.05, 0) is 40.4 Å². The number of primary amides is 1. The van der Waals surface area contributed by atoms with Crippen LogP contribution in [0.5, 0.6) is 5.75 Å². The quantitative estimate of drug-likeness (QED) is 0.920. The van der Waals surface area contributed by atoms with Crippen LogP contribution in [0.3, 0.4) is 0 Å². The molecule has 1 aromatic carbocycles. The minimum absolute atomic E-state index is 0.218. The maximum Gasteiger partial charge on any atom is 0.271 e. The molecule has 0 aliphatic heterocycles. The number of carbonyl (C=O) groups is 1. The van der Waals surface area contributed by atoms with Crippen molar-refractivity contribution in [3.05, 3.63) is 33.4 Å². The Labute approximate surface area is 117 Å². The number of aromatic nitrogens is 1. The van der Waals surface area contributed by atoms with E-state index in [0.29, 0.717) is 17.9 Å². The Morgan fingerprint density at radius 2 is 2.26 bits per heavy atom. The fourth-order valence-electron chi connectivity index (χ4n) is 2.40. The van der Waals surface area contributed by atoms with Crippen molar-refractivity contribution in [3.63, 3.8) is 0 Å². The molecule has 0 fully saturated rings. The molecular weight excluding hydrogens is 312 g/mol. The number of methoxy groups -OCH3 is 1. The summed E-state index contributed by atoms with van der Waals surface area (Å²) < 4.78 is 11.4. The Morgan fingerprint density at radius 3 is 2.95 bits per heavy atom. The van der Waals surface area contributed by atoms with Crippen LogP contribution in [0.25, 0.3) is 11.3 Å². The molecule has 0 spiro atoms. The van der Waals surface area contributed by atoms with Crippen molar-refractivity contribution < 1.29 is 14.1 Å². The summed E-state index contributed by atoms with van der Waals surface area (Å²) in [4.78, 5) is 11.3. The zero-order valence-electron chi connectivity index (χ0n) is 10.2. The van der Waals surface area contributed by atoms with Crippen LogP contribution < -0.4 is 10.5 Å². The van der Waals surface area contributed by atoms with Crippen LogP contribution in [0, 0.1) is 0 Å². The fourth-order valence-corrected chi connectivity index (χ4v) is 3.13. The Kier molecular flexibility index (Phi) is 2.82. The minimum atomic E-state index is -0.563. The molecule has 2 aromatic rings. The van der Waals surface area contributed by atoms with Gasteiger partial charge in [-0.25, -0.2) is 0 Å². The molecule has 1 heterocycles. The van der Waals surface area contributed by atoms with Crippen molar-refractivity contribution in [1.82, 2.24) is 5.16 Å². The number of nitrogens with zero attached hydrogens (tertiary/aromatic N) is 1. The van der Waals surface area contributed by atoms with Crippen LogP contribution in [0.1, 0.15) is 21.6 Å². The summed E-state index contributed by atoms with van der Waals surface area (Å²) in [6, 6.07) is 3.90. The number of benzene rings is 1. The Bertz CT molecular complexity index is 679. The lowest BCUT2D eigenvalue weighted by Crippen LogP contribution is -2.15. The highest BCUT2D eigenvalue weighted by Gasteiger charge is 2.29. The van der Waals surface area contributed by atoms with Crippen molar-refractivity contribution in [2.24, 2.45) is 5.73 Å². The van der Waals surface area contributed by atoms with E-state index in [0.717, 1.165) is 27.6 Å². The van der Waals surface area contributed by atoms with Gasteiger partial charge in [0.05, 0.1) is 11.6 Å². The third kappa shape index (κ3) is 1.74. The lowest BCUT2D eigenvalue weighted by Gasteiger charge is -2.17. The van der Waals surface area contributed by atoms with Gasteiger partial charge in [0, 0.05) is 11.1 Å². The van der Waals surface area contributed by atoms with Gasteiger partial charge >= 0.3 is 0 Å². The lowest BCUT2D eigenvalue weighted by atomic mass is 9.89. The molecule has 1 aromatic heterocycles. The van der Waals surface area contributed by atoms with Crippen LogP contribution in [0.4, 0.5) is 0 Å². The number of rotatable bonds is 2. The summed E-state index contributed by atoms with van der Waals surface area (Å²) in [5.74, 6) is 0.747. The van der Waals surface area contributed by atoms with Gasteiger partial charge in [-0.15, -0.1) is 0 Å². The minimum Gasteiger partial charge on any atom is -0.496 e. The van der Waals surface area contributed by atoms with Gasteiger partial charge in [-0.2, -0.15) is 0 Å². The number of hydrogen-bond donors (Lipinski definition) is 1. The number of ether oxygens (including phenoxy) is 1. The summed E-state index contributed by atoms with van der Waals surface area (Å²) in [5, 5.41) is 3.78. The summed E-state index contributed by atoms with van der Waals surface area (Å²) in [7, 11) is 1.60. The summed E-state index contributed by atoms with van der Waals surface area (Å²) in [5.41, 5.74) is 8.31. The highest BCUT2D eigenvalue weighted by Crippen LogP contribution is 2.43. The molecular formula is C13H11BrN2O3. The first kappa shape index (κ1) is 12.2. The van der Waals surface area contributed by atoms with Crippen LogP contribution in [-0.2, 0) is 12.8 Å². The molecule has 0 unspecified atom stereocenters. The number of nitrogens with two attached hydrogens (primary N) is 1. The van der Waals surface area contributed by atoms with E-state index in [-0.39, 0.29) is 5.69 Å². The molecule has 0 saturated heterocycles. The molecule has 0 radical (unpaired) electrons. The van der Waals surface area contributed by atoms with E-state index < -0.39 is 5.91 Å². The highest BCUT2D eigenvalue weighted by atomic mass is 79.9. The third-order valence-corrected chi connectivity index (χ3v) is 4.09. The zero-order chi connectivity index (χ0) is 13.6. The lowest BCUT2D eigenvalue weighted by molar-refractivity contribution is 0.0991. The first-order chi connectivity index (χ1) is 9.13. The second-order valence-corrected chi connectivity index (χ2v) is 5.11. The molecule has 6 heteroatoms. The maximum atomic E-state index is 11.3. The fraction of sp³-hybridized carbons (Fsp3) is 0.231. The van der Waals surface area contributed by atoms with Gasteiger partial charge in [0.1, 0.15) is 5.75 Å². The third-order valence-electron chi connectivity index (χ3n) is 3.31. The van der Waals surface area contributed by atoms with Crippen LogP contribution >= 0.6 is 15.9 Å². The highest BCUT2D eigenvalue weighted by molar-refractivity contribution is 9.10. The first-order valence-electron chi connectivity index (χ1n) is 5.77. The van der Waals surface area contributed by atoms with Crippen LogP contribution in [0.2, 0.25) is 0 Å². The number of amides is 1. The number of hydrogen-bond acceptors (Lipinski definition) is 4. The molecule has 1 aliphatic rings. The molecule has 1 aliphatic carbocycles.